The van der Waals surface area contributed by atoms with Gasteiger partial charge in [-0.3, -0.25) is 9.59 Å². The Hall–Kier alpha value is -2.27. The van der Waals surface area contributed by atoms with Gasteiger partial charge in [-0.05, 0) is 43.0 Å². The van der Waals surface area contributed by atoms with Crippen LogP contribution < -0.4 is 4.90 Å². The number of aryl methyl sites for hydroxylation is 2. The van der Waals surface area contributed by atoms with Gasteiger partial charge in [-0.15, -0.1) is 11.8 Å². The number of rotatable bonds is 5. The van der Waals surface area contributed by atoms with E-state index in [-0.39, 0.29) is 24.2 Å². The number of thioether (sulfide) groups is 1. The van der Waals surface area contributed by atoms with Gasteiger partial charge in [0.1, 0.15) is 0 Å². The molecule has 5 heteroatoms. The van der Waals surface area contributed by atoms with E-state index in [1.807, 2.05) is 55.5 Å². The Balaban J connectivity index is 1.51. The van der Waals surface area contributed by atoms with Gasteiger partial charge in [0.05, 0.1) is 5.75 Å². The summed E-state index contributed by atoms with van der Waals surface area (Å²) in [4.78, 5) is 27.2. The third kappa shape index (κ3) is 4.42. The van der Waals surface area contributed by atoms with Crippen LogP contribution in [0.15, 0.2) is 53.4 Å². The van der Waals surface area contributed by atoms with Crippen LogP contribution in [0.1, 0.15) is 17.5 Å². The zero-order valence-electron chi connectivity index (χ0n) is 14.2. The van der Waals surface area contributed by atoms with Gasteiger partial charge in [0.15, 0.2) is 6.61 Å². The second kappa shape index (κ2) is 8.21. The Morgan fingerprint density at radius 3 is 2.72 bits per heavy atom. The molecule has 3 rings (SSSR count). The van der Waals surface area contributed by atoms with Crippen molar-refractivity contribution in [1.29, 1.82) is 0 Å². The number of fused-ring (bicyclic) bond motifs is 1. The number of hydrogen-bond donors (Lipinski definition) is 0. The zero-order chi connectivity index (χ0) is 17.6. The van der Waals surface area contributed by atoms with Crippen molar-refractivity contribution < 1.29 is 14.3 Å². The molecular formula is C20H21NO3S. The molecule has 1 aliphatic rings. The van der Waals surface area contributed by atoms with Crippen LogP contribution in [0.25, 0.3) is 0 Å². The number of nitrogens with zero attached hydrogens (tertiary/aromatic N) is 1. The fourth-order valence-corrected chi connectivity index (χ4v) is 3.74. The molecule has 2 aromatic rings. The molecule has 0 bridgehead atoms. The van der Waals surface area contributed by atoms with Gasteiger partial charge in [-0.2, -0.15) is 0 Å². The third-order valence-corrected chi connectivity index (χ3v) is 5.36. The number of amides is 1. The van der Waals surface area contributed by atoms with Crippen molar-refractivity contribution >= 4 is 29.3 Å². The molecular weight excluding hydrogens is 334 g/mol. The summed E-state index contributed by atoms with van der Waals surface area (Å²) in [6.45, 7) is 2.47. The van der Waals surface area contributed by atoms with Gasteiger partial charge >= 0.3 is 5.97 Å². The molecule has 2 aromatic carbocycles. The van der Waals surface area contributed by atoms with Crippen molar-refractivity contribution in [3.63, 3.8) is 0 Å². The van der Waals surface area contributed by atoms with E-state index in [0.717, 1.165) is 29.0 Å². The van der Waals surface area contributed by atoms with E-state index in [1.165, 1.54) is 17.3 Å². The van der Waals surface area contributed by atoms with Gasteiger partial charge in [-0.1, -0.05) is 36.4 Å². The van der Waals surface area contributed by atoms with Crippen molar-refractivity contribution in [3.05, 3.63) is 59.7 Å². The van der Waals surface area contributed by atoms with E-state index < -0.39 is 0 Å². The lowest BCUT2D eigenvalue weighted by Gasteiger charge is -2.29. The molecule has 0 aliphatic carbocycles. The number of hydrogen-bond acceptors (Lipinski definition) is 4. The highest BCUT2D eigenvalue weighted by Crippen LogP contribution is 2.26. The molecule has 0 radical (unpaired) electrons. The Morgan fingerprint density at radius 1 is 1.12 bits per heavy atom. The SMILES string of the molecule is Cc1ccccc1SCC(=O)OCC(=O)N1CCCc2ccccc21. The second-order valence-corrected chi connectivity index (χ2v) is 7.01. The summed E-state index contributed by atoms with van der Waals surface area (Å²) in [5, 5.41) is 0. The molecule has 0 spiro atoms. The van der Waals surface area contributed by atoms with Gasteiger partial charge in [0.2, 0.25) is 0 Å². The Morgan fingerprint density at radius 2 is 1.88 bits per heavy atom. The Bertz CT molecular complexity index is 775. The lowest BCUT2D eigenvalue weighted by atomic mass is 10.0. The predicted molar refractivity (Wildman–Crippen MR) is 100.0 cm³/mol. The highest BCUT2D eigenvalue weighted by Gasteiger charge is 2.23. The van der Waals surface area contributed by atoms with Crippen LogP contribution >= 0.6 is 11.8 Å². The standard InChI is InChI=1S/C20H21NO3S/c1-15-7-2-5-11-18(15)25-14-20(23)24-13-19(22)21-12-6-9-16-8-3-4-10-17(16)21/h2-5,7-8,10-11H,6,9,12-14H2,1H3. The average Bonchev–Trinajstić information content (AvgIpc) is 2.65. The predicted octanol–water partition coefficient (Wildman–Crippen LogP) is 3.61. The monoisotopic (exact) mass is 355 g/mol. The van der Waals surface area contributed by atoms with E-state index >= 15 is 0 Å². The highest BCUT2D eigenvalue weighted by molar-refractivity contribution is 8.00. The first-order valence-corrected chi connectivity index (χ1v) is 9.36. The minimum atomic E-state index is -0.369. The van der Waals surface area contributed by atoms with Crippen LogP contribution in [0.5, 0.6) is 0 Å². The summed E-state index contributed by atoms with van der Waals surface area (Å²) >= 11 is 1.43. The summed E-state index contributed by atoms with van der Waals surface area (Å²) in [6.07, 6.45) is 1.91. The first-order valence-electron chi connectivity index (χ1n) is 8.37. The number of benzene rings is 2. The molecule has 1 amide bonds. The van der Waals surface area contributed by atoms with Crippen LogP contribution in [-0.4, -0.2) is 30.8 Å². The van der Waals surface area contributed by atoms with Gasteiger partial charge in [0, 0.05) is 17.1 Å². The van der Waals surface area contributed by atoms with Crippen molar-refractivity contribution in [2.24, 2.45) is 0 Å². The zero-order valence-corrected chi connectivity index (χ0v) is 15.1. The summed E-state index contributed by atoms with van der Waals surface area (Å²) in [6, 6.07) is 15.8. The van der Waals surface area contributed by atoms with Gasteiger partial charge in [0.25, 0.3) is 5.91 Å². The first-order chi connectivity index (χ1) is 12.1. The van der Waals surface area contributed by atoms with Crippen molar-refractivity contribution in [1.82, 2.24) is 0 Å². The first kappa shape index (κ1) is 17.5. The number of esters is 1. The fraction of sp³-hybridized carbons (Fsp3) is 0.300. The minimum absolute atomic E-state index is 0.165. The molecule has 0 aromatic heterocycles. The third-order valence-electron chi connectivity index (χ3n) is 4.21. The van der Waals surface area contributed by atoms with E-state index in [4.69, 9.17) is 4.74 Å². The van der Waals surface area contributed by atoms with Gasteiger partial charge in [-0.25, -0.2) is 0 Å². The molecule has 130 valence electrons. The normalized spacial score (nSPS) is 13.2. The lowest BCUT2D eigenvalue weighted by Crippen LogP contribution is -2.38. The Kier molecular flexibility index (Phi) is 5.76. The molecule has 1 heterocycles. The van der Waals surface area contributed by atoms with Crippen LogP contribution in [0, 0.1) is 6.92 Å². The van der Waals surface area contributed by atoms with Crippen LogP contribution in [0.3, 0.4) is 0 Å². The number of carbonyl (C=O) groups is 2. The van der Waals surface area contributed by atoms with E-state index in [1.54, 1.807) is 4.90 Å². The van der Waals surface area contributed by atoms with E-state index in [9.17, 15) is 9.59 Å². The number of anilines is 1. The molecule has 0 saturated carbocycles. The molecule has 25 heavy (non-hydrogen) atoms. The van der Waals surface area contributed by atoms with Gasteiger partial charge < -0.3 is 9.64 Å². The maximum absolute atomic E-state index is 12.4. The highest BCUT2D eigenvalue weighted by atomic mass is 32.2. The van der Waals surface area contributed by atoms with Crippen molar-refractivity contribution in [2.75, 3.05) is 23.8 Å². The molecule has 0 N–H and O–H groups in total. The molecule has 0 fully saturated rings. The molecule has 0 unspecified atom stereocenters. The Labute approximate surface area is 152 Å². The largest absolute Gasteiger partial charge is 0.455 e. The second-order valence-electron chi connectivity index (χ2n) is 5.99. The van der Waals surface area contributed by atoms with Crippen LogP contribution in [-0.2, 0) is 20.7 Å². The molecule has 0 saturated heterocycles. The van der Waals surface area contributed by atoms with Crippen molar-refractivity contribution in [2.45, 2.75) is 24.7 Å². The summed E-state index contributed by atoms with van der Waals surface area (Å²) in [5.41, 5.74) is 3.23. The van der Waals surface area contributed by atoms with Crippen LogP contribution in [0.4, 0.5) is 5.69 Å². The van der Waals surface area contributed by atoms with E-state index in [2.05, 4.69) is 0 Å². The number of para-hydroxylation sites is 1. The molecule has 4 nitrogen and oxygen atoms in total. The van der Waals surface area contributed by atoms with Crippen LogP contribution in [0.2, 0.25) is 0 Å². The average molecular weight is 355 g/mol. The topological polar surface area (TPSA) is 46.6 Å². The maximum atomic E-state index is 12.4. The summed E-state index contributed by atoms with van der Waals surface area (Å²) in [7, 11) is 0. The smallest absolute Gasteiger partial charge is 0.316 e. The summed E-state index contributed by atoms with van der Waals surface area (Å²) < 4.78 is 5.18. The lowest BCUT2D eigenvalue weighted by molar-refractivity contribution is -0.145. The quantitative estimate of drug-likeness (QED) is 0.607. The number of ether oxygens (including phenoxy) is 1. The number of carbonyl (C=O) groups excluding carboxylic acids is 2. The molecule has 0 atom stereocenters. The van der Waals surface area contributed by atoms with E-state index in [0.29, 0.717) is 6.54 Å². The maximum Gasteiger partial charge on any atom is 0.316 e. The fourth-order valence-electron chi connectivity index (χ4n) is 2.91. The molecule has 1 aliphatic heterocycles. The van der Waals surface area contributed by atoms with Crippen molar-refractivity contribution in [3.8, 4) is 0 Å². The minimum Gasteiger partial charge on any atom is -0.455 e. The summed E-state index contributed by atoms with van der Waals surface area (Å²) in [5.74, 6) is -0.331.